The molecule has 3 aromatic rings. The molecule has 0 aliphatic heterocycles. The van der Waals surface area contributed by atoms with Crippen molar-refractivity contribution in [3.63, 3.8) is 0 Å². The molecule has 0 aromatic heterocycles. The summed E-state index contributed by atoms with van der Waals surface area (Å²) in [4.78, 5) is 24.1. The number of hydrogen-bond acceptors (Lipinski definition) is 4. The number of anilines is 1. The number of benzene rings is 3. The Morgan fingerprint density at radius 3 is 2.29 bits per heavy atom. The lowest BCUT2D eigenvalue weighted by atomic mass is 10.2. The number of aryl methyl sites for hydroxylation is 1. The summed E-state index contributed by atoms with van der Waals surface area (Å²) in [5.74, 6) is 0.253. The van der Waals surface area contributed by atoms with Gasteiger partial charge in [0.05, 0.1) is 5.56 Å². The maximum absolute atomic E-state index is 12.1. The van der Waals surface area contributed by atoms with Crippen molar-refractivity contribution in [1.29, 1.82) is 0 Å². The van der Waals surface area contributed by atoms with Gasteiger partial charge in [-0.25, -0.2) is 4.79 Å². The molecule has 3 rings (SSSR count). The molecule has 0 aliphatic rings. The highest BCUT2D eigenvalue weighted by Gasteiger charge is 2.11. The normalized spacial score (nSPS) is 10.2. The predicted molar refractivity (Wildman–Crippen MR) is 108 cm³/mol. The van der Waals surface area contributed by atoms with Crippen LogP contribution in [0.15, 0.2) is 72.8 Å². The van der Waals surface area contributed by atoms with Gasteiger partial charge in [0.1, 0.15) is 11.5 Å². The Balaban J connectivity index is 1.51. The Kier molecular flexibility index (Phi) is 6.29. The summed E-state index contributed by atoms with van der Waals surface area (Å²) in [5.41, 5.74) is 1.77. The molecule has 0 saturated heterocycles. The van der Waals surface area contributed by atoms with E-state index >= 15 is 0 Å². The highest BCUT2D eigenvalue weighted by Crippen LogP contribution is 2.22. The molecule has 0 fully saturated rings. The molecule has 1 amide bonds. The van der Waals surface area contributed by atoms with Gasteiger partial charge in [0.2, 0.25) is 0 Å². The molecule has 142 valence electrons. The van der Waals surface area contributed by atoms with Crippen molar-refractivity contribution in [2.24, 2.45) is 0 Å². The summed E-state index contributed by atoms with van der Waals surface area (Å²) in [5, 5.41) is 3.18. The third-order valence-corrected chi connectivity index (χ3v) is 4.27. The highest BCUT2D eigenvalue weighted by molar-refractivity contribution is 6.31. The van der Waals surface area contributed by atoms with Crippen LogP contribution >= 0.6 is 11.6 Å². The summed E-state index contributed by atoms with van der Waals surface area (Å²) in [6.07, 6.45) is 0. The van der Waals surface area contributed by atoms with Crippen LogP contribution < -0.4 is 10.1 Å². The molecule has 28 heavy (non-hydrogen) atoms. The molecule has 0 radical (unpaired) electrons. The molecule has 0 atom stereocenters. The third-order valence-electron chi connectivity index (χ3n) is 3.86. The summed E-state index contributed by atoms with van der Waals surface area (Å²) < 4.78 is 10.7. The molecule has 0 bridgehead atoms. The van der Waals surface area contributed by atoms with Gasteiger partial charge in [-0.3, -0.25) is 4.79 Å². The summed E-state index contributed by atoms with van der Waals surface area (Å²) >= 11 is 6.02. The fourth-order valence-electron chi connectivity index (χ4n) is 2.37. The van der Waals surface area contributed by atoms with E-state index in [4.69, 9.17) is 21.1 Å². The monoisotopic (exact) mass is 395 g/mol. The Labute approximate surface area is 167 Å². The predicted octanol–water partition coefficient (Wildman–Crippen LogP) is 5.24. The van der Waals surface area contributed by atoms with Crippen molar-refractivity contribution in [2.75, 3.05) is 11.9 Å². The largest absolute Gasteiger partial charge is 0.457 e. The maximum Gasteiger partial charge on any atom is 0.338 e. The lowest BCUT2D eigenvalue weighted by molar-refractivity contribution is -0.119. The van der Waals surface area contributed by atoms with E-state index in [0.717, 1.165) is 5.56 Å². The minimum Gasteiger partial charge on any atom is -0.457 e. The number of ether oxygens (including phenoxy) is 2. The van der Waals surface area contributed by atoms with Crippen LogP contribution in [0.25, 0.3) is 0 Å². The molecule has 0 heterocycles. The van der Waals surface area contributed by atoms with Crippen LogP contribution in [0, 0.1) is 6.92 Å². The Morgan fingerprint density at radius 1 is 0.929 bits per heavy atom. The number of rotatable bonds is 6. The second-order valence-corrected chi connectivity index (χ2v) is 6.43. The van der Waals surface area contributed by atoms with Crippen LogP contribution in [0.3, 0.4) is 0 Å². The zero-order chi connectivity index (χ0) is 19.9. The van der Waals surface area contributed by atoms with E-state index in [2.05, 4.69) is 5.32 Å². The molecule has 6 heteroatoms. The van der Waals surface area contributed by atoms with E-state index in [9.17, 15) is 9.59 Å². The van der Waals surface area contributed by atoms with Crippen molar-refractivity contribution in [3.8, 4) is 11.5 Å². The van der Waals surface area contributed by atoms with Crippen LogP contribution in [-0.4, -0.2) is 18.5 Å². The maximum atomic E-state index is 12.1. The number of amides is 1. The first-order chi connectivity index (χ1) is 13.5. The fraction of sp³-hybridized carbons (Fsp3) is 0.0909. The van der Waals surface area contributed by atoms with Gasteiger partial charge in [-0.05, 0) is 61.0 Å². The Hall–Kier alpha value is -3.31. The number of carbonyl (C=O) groups is 2. The number of hydrogen-bond donors (Lipinski definition) is 1. The van der Waals surface area contributed by atoms with Crippen molar-refractivity contribution in [3.05, 3.63) is 88.9 Å². The zero-order valence-electron chi connectivity index (χ0n) is 15.1. The van der Waals surface area contributed by atoms with E-state index in [1.54, 1.807) is 42.5 Å². The average Bonchev–Trinajstić information content (AvgIpc) is 2.70. The van der Waals surface area contributed by atoms with Gasteiger partial charge in [0.25, 0.3) is 5.91 Å². The van der Waals surface area contributed by atoms with Crippen molar-refractivity contribution < 1.29 is 19.1 Å². The Morgan fingerprint density at radius 2 is 1.61 bits per heavy atom. The standard InChI is InChI=1S/C22H18ClNO4/c1-15-7-10-17(13-20(15)23)24-21(25)14-27-22(26)16-8-11-19(12-9-16)28-18-5-3-2-4-6-18/h2-13H,14H2,1H3,(H,24,25). The second kappa shape index (κ2) is 9.06. The van der Waals surface area contributed by atoms with Crippen LogP contribution in [0.2, 0.25) is 5.02 Å². The van der Waals surface area contributed by atoms with Gasteiger partial charge in [-0.2, -0.15) is 0 Å². The van der Waals surface area contributed by atoms with E-state index in [1.807, 2.05) is 37.3 Å². The number of esters is 1. The average molecular weight is 396 g/mol. The number of halogens is 1. The molecule has 0 saturated carbocycles. The van der Waals surface area contributed by atoms with E-state index < -0.39 is 18.5 Å². The van der Waals surface area contributed by atoms with Gasteiger partial charge in [0.15, 0.2) is 6.61 Å². The first kappa shape index (κ1) is 19.5. The van der Waals surface area contributed by atoms with Crippen molar-refractivity contribution >= 4 is 29.2 Å². The lowest BCUT2D eigenvalue weighted by Crippen LogP contribution is -2.20. The molecular weight excluding hydrogens is 378 g/mol. The molecule has 0 aliphatic carbocycles. The smallest absolute Gasteiger partial charge is 0.338 e. The Bertz CT molecular complexity index is 972. The topological polar surface area (TPSA) is 64.6 Å². The summed E-state index contributed by atoms with van der Waals surface area (Å²) in [7, 11) is 0. The quantitative estimate of drug-likeness (QED) is 0.580. The first-order valence-electron chi connectivity index (χ1n) is 8.57. The van der Waals surface area contributed by atoms with E-state index in [-0.39, 0.29) is 0 Å². The molecular formula is C22H18ClNO4. The van der Waals surface area contributed by atoms with Crippen LogP contribution in [0.1, 0.15) is 15.9 Å². The van der Waals surface area contributed by atoms with Gasteiger partial charge in [-0.15, -0.1) is 0 Å². The SMILES string of the molecule is Cc1ccc(NC(=O)COC(=O)c2ccc(Oc3ccccc3)cc2)cc1Cl. The fourth-order valence-corrected chi connectivity index (χ4v) is 2.55. The van der Waals surface area contributed by atoms with Crippen LogP contribution in [0.4, 0.5) is 5.69 Å². The zero-order valence-corrected chi connectivity index (χ0v) is 15.9. The van der Waals surface area contributed by atoms with Gasteiger partial charge >= 0.3 is 5.97 Å². The minimum absolute atomic E-state index is 0.326. The molecule has 3 aromatic carbocycles. The first-order valence-corrected chi connectivity index (χ1v) is 8.95. The van der Waals surface area contributed by atoms with Crippen molar-refractivity contribution in [1.82, 2.24) is 0 Å². The summed E-state index contributed by atoms with van der Waals surface area (Å²) in [6.45, 7) is 1.47. The lowest BCUT2D eigenvalue weighted by Gasteiger charge is -2.09. The minimum atomic E-state index is -0.594. The molecule has 0 spiro atoms. The second-order valence-electron chi connectivity index (χ2n) is 6.03. The van der Waals surface area contributed by atoms with Gasteiger partial charge in [0, 0.05) is 10.7 Å². The van der Waals surface area contributed by atoms with E-state index in [1.165, 1.54) is 0 Å². The van der Waals surface area contributed by atoms with Crippen LogP contribution in [-0.2, 0) is 9.53 Å². The van der Waals surface area contributed by atoms with Gasteiger partial charge in [-0.1, -0.05) is 35.9 Å². The number of para-hydroxylation sites is 1. The third kappa shape index (κ3) is 5.34. The molecule has 0 unspecified atom stereocenters. The summed E-state index contributed by atoms with van der Waals surface area (Å²) in [6, 6.07) is 21.0. The van der Waals surface area contributed by atoms with Crippen LogP contribution in [0.5, 0.6) is 11.5 Å². The molecule has 1 N–H and O–H groups in total. The highest BCUT2D eigenvalue weighted by atomic mass is 35.5. The molecule has 5 nitrogen and oxygen atoms in total. The van der Waals surface area contributed by atoms with Crippen molar-refractivity contribution in [2.45, 2.75) is 6.92 Å². The number of carbonyl (C=O) groups excluding carboxylic acids is 2. The van der Waals surface area contributed by atoms with E-state index in [0.29, 0.717) is 27.8 Å². The van der Waals surface area contributed by atoms with Gasteiger partial charge < -0.3 is 14.8 Å². The number of nitrogens with one attached hydrogen (secondary N) is 1.